The molecule has 0 fully saturated rings. The van der Waals surface area contributed by atoms with E-state index < -0.39 is 24.0 Å². The van der Waals surface area contributed by atoms with Crippen LogP contribution in [0.3, 0.4) is 0 Å². The number of carbonyl (C=O) groups excluding carboxylic acids is 2. The van der Waals surface area contributed by atoms with Crippen LogP contribution in [-0.4, -0.2) is 18.2 Å². The van der Waals surface area contributed by atoms with Crippen LogP contribution in [0.1, 0.15) is 15.9 Å². The highest BCUT2D eigenvalue weighted by Gasteiger charge is 2.37. The number of halogens is 2. The number of nitrogens with one attached hydrogen (secondary N) is 1. The first kappa shape index (κ1) is 17.0. The normalized spacial score (nSPS) is 16.6. The summed E-state index contributed by atoms with van der Waals surface area (Å²) in [5.74, 6) is -2.53. The van der Waals surface area contributed by atoms with Crippen molar-refractivity contribution < 1.29 is 23.5 Å². The lowest BCUT2D eigenvalue weighted by atomic mass is 10.2. The van der Waals surface area contributed by atoms with Gasteiger partial charge in [-0.2, -0.15) is 0 Å². The van der Waals surface area contributed by atoms with Crippen molar-refractivity contribution in [1.29, 1.82) is 0 Å². The summed E-state index contributed by atoms with van der Waals surface area (Å²) in [4.78, 5) is 23.8. The van der Waals surface area contributed by atoms with Crippen LogP contribution in [0, 0.1) is 12.7 Å². The van der Waals surface area contributed by atoms with Crippen LogP contribution in [0.15, 0.2) is 59.3 Å². The topological polar surface area (TPSA) is 64.6 Å². The summed E-state index contributed by atoms with van der Waals surface area (Å²) in [6.07, 6.45) is -1.38. The van der Waals surface area contributed by atoms with Gasteiger partial charge in [0.2, 0.25) is 0 Å². The third-order valence-corrected chi connectivity index (χ3v) is 3.86. The van der Waals surface area contributed by atoms with Crippen LogP contribution in [0.25, 0.3) is 0 Å². The van der Waals surface area contributed by atoms with E-state index in [1.807, 2.05) is 19.1 Å². The Kier molecular flexibility index (Phi) is 4.72. The predicted molar refractivity (Wildman–Crippen MR) is 89.4 cm³/mol. The second kappa shape index (κ2) is 6.94. The average molecular weight is 362 g/mol. The van der Waals surface area contributed by atoms with Crippen LogP contribution < -0.4 is 5.32 Å². The Morgan fingerprint density at radius 1 is 1.20 bits per heavy atom. The molecule has 7 heteroatoms. The number of ether oxygens (including phenoxy) is 2. The van der Waals surface area contributed by atoms with Gasteiger partial charge < -0.3 is 14.8 Å². The van der Waals surface area contributed by atoms with Gasteiger partial charge in [0.25, 0.3) is 6.29 Å². The van der Waals surface area contributed by atoms with Crippen molar-refractivity contribution in [2.75, 3.05) is 5.32 Å². The van der Waals surface area contributed by atoms with E-state index in [2.05, 4.69) is 5.32 Å². The van der Waals surface area contributed by atoms with Gasteiger partial charge in [-0.25, -0.2) is 14.0 Å². The molecule has 2 aromatic rings. The molecule has 0 bridgehead atoms. The van der Waals surface area contributed by atoms with Gasteiger partial charge in [0.1, 0.15) is 11.5 Å². The van der Waals surface area contributed by atoms with Crippen LogP contribution in [0.4, 0.5) is 10.1 Å². The minimum atomic E-state index is -1.38. The summed E-state index contributed by atoms with van der Waals surface area (Å²) in [5.41, 5.74) is 1.49. The quantitative estimate of drug-likeness (QED) is 0.840. The molecule has 0 saturated heterocycles. The number of hydrogen-bond acceptors (Lipinski definition) is 5. The van der Waals surface area contributed by atoms with Crippen LogP contribution in [0.2, 0.25) is 0 Å². The maximum atomic E-state index is 13.7. The van der Waals surface area contributed by atoms with Gasteiger partial charge in [-0.15, -0.1) is 0 Å². The van der Waals surface area contributed by atoms with Gasteiger partial charge in [-0.05, 0) is 31.2 Å². The van der Waals surface area contributed by atoms with Crippen molar-refractivity contribution in [1.82, 2.24) is 0 Å². The van der Waals surface area contributed by atoms with Gasteiger partial charge >= 0.3 is 11.9 Å². The molecule has 1 N–H and O–H groups in total. The third-order valence-electron chi connectivity index (χ3n) is 3.50. The first-order valence-corrected chi connectivity index (χ1v) is 7.73. The van der Waals surface area contributed by atoms with E-state index in [1.165, 1.54) is 18.2 Å². The molecule has 1 heterocycles. The molecule has 0 spiro atoms. The molecular weight excluding hydrogens is 349 g/mol. The van der Waals surface area contributed by atoms with E-state index >= 15 is 0 Å². The number of carbonyl (C=O) groups is 2. The molecular formula is C18H13ClFNO4. The number of cyclic esters (lactones) is 1. The zero-order chi connectivity index (χ0) is 18.0. The van der Waals surface area contributed by atoms with E-state index in [9.17, 15) is 14.0 Å². The monoisotopic (exact) mass is 361 g/mol. The summed E-state index contributed by atoms with van der Waals surface area (Å²) in [6.45, 7) is 1.93. The predicted octanol–water partition coefficient (Wildman–Crippen LogP) is 3.74. The largest absolute Gasteiger partial charge is 0.415 e. The zero-order valence-corrected chi connectivity index (χ0v) is 13.8. The Morgan fingerprint density at radius 2 is 1.88 bits per heavy atom. The van der Waals surface area contributed by atoms with Crippen molar-refractivity contribution in [3.63, 3.8) is 0 Å². The molecule has 3 rings (SSSR count). The van der Waals surface area contributed by atoms with Crippen molar-refractivity contribution in [2.24, 2.45) is 0 Å². The molecule has 128 valence electrons. The van der Waals surface area contributed by atoms with Gasteiger partial charge in [-0.1, -0.05) is 41.4 Å². The number of hydrogen-bond donors (Lipinski definition) is 1. The molecule has 0 aliphatic carbocycles. The Labute approximate surface area is 148 Å². The summed E-state index contributed by atoms with van der Waals surface area (Å²) in [6, 6.07) is 12.6. The molecule has 5 nitrogen and oxygen atoms in total. The van der Waals surface area contributed by atoms with Gasteiger partial charge in [-0.3, -0.25) is 0 Å². The first-order valence-electron chi connectivity index (χ1n) is 7.35. The number of rotatable bonds is 4. The lowest BCUT2D eigenvalue weighted by molar-refractivity contribution is -0.152. The Hall–Kier alpha value is -2.86. The van der Waals surface area contributed by atoms with E-state index in [1.54, 1.807) is 12.1 Å². The van der Waals surface area contributed by atoms with Crippen molar-refractivity contribution >= 4 is 29.2 Å². The molecule has 1 aliphatic rings. The summed E-state index contributed by atoms with van der Waals surface area (Å²) in [7, 11) is 0. The molecule has 0 radical (unpaired) electrons. The molecule has 0 saturated carbocycles. The number of benzene rings is 2. The number of anilines is 1. The zero-order valence-electron chi connectivity index (χ0n) is 13.1. The van der Waals surface area contributed by atoms with Crippen molar-refractivity contribution in [2.45, 2.75) is 13.2 Å². The minimum Gasteiger partial charge on any atom is -0.415 e. The SMILES string of the molecule is Cc1ccc(NC2=C(Cl)C(=O)OC2OC(=O)c2ccccc2F)cc1. The fraction of sp³-hybridized carbons (Fsp3) is 0.111. The number of aryl methyl sites for hydroxylation is 1. The van der Waals surface area contributed by atoms with Crippen LogP contribution >= 0.6 is 11.6 Å². The van der Waals surface area contributed by atoms with E-state index in [-0.39, 0.29) is 16.3 Å². The second-order valence-corrected chi connectivity index (χ2v) is 5.72. The average Bonchev–Trinajstić information content (AvgIpc) is 2.84. The molecule has 1 aliphatic heterocycles. The highest BCUT2D eigenvalue weighted by molar-refractivity contribution is 6.42. The van der Waals surface area contributed by atoms with Gasteiger partial charge in [0, 0.05) is 5.69 Å². The Morgan fingerprint density at radius 3 is 2.56 bits per heavy atom. The van der Waals surface area contributed by atoms with Crippen molar-refractivity contribution in [3.8, 4) is 0 Å². The molecule has 1 atom stereocenters. The number of esters is 2. The summed E-state index contributed by atoms with van der Waals surface area (Å²) < 4.78 is 23.7. The fourth-order valence-corrected chi connectivity index (χ4v) is 2.38. The highest BCUT2D eigenvalue weighted by Crippen LogP contribution is 2.29. The molecule has 0 amide bonds. The summed E-state index contributed by atoms with van der Waals surface area (Å²) >= 11 is 5.94. The van der Waals surface area contributed by atoms with E-state index in [0.717, 1.165) is 11.6 Å². The van der Waals surface area contributed by atoms with E-state index in [4.69, 9.17) is 21.1 Å². The van der Waals surface area contributed by atoms with Gasteiger partial charge in [0.15, 0.2) is 5.03 Å². The highest BCUT2D eigenvalue weighted by atomic mass is 35.5. The Balaban J connectivity index is 1.80. The van der Waals surface area contributed by atoms with Crippen LogP contribution in [-0.2, 0) is 14.3 Å². The molecule has 2 aromatic carbocycles. The maximum Gasteiger partial charge on any atom is 0.355 e. The minimum absolute atomic E-state index is 0.0835. The Bertz CT molecular complexity index is 864. The van der Waals surface area contributed by atoms with Gasteiger partial charge in [0.05, 0.1) is 5.56 Å². The molecule has 25 heavy (non-hydrogen) atoms. The van der Waals surface area contributed by atoms with Crippen LogP contribution in [0.5, 0.6) is 0 Å². The molecule has 1 unspecified atom stereocenters. The summed E-state index contributed by atoms with van der Waals surface area (Å²) in [5, 5.41) is 2.67. The lowest BCUT2D eigenvalue weighted by Crippen LogP contribution is -2.24. The smallest absolute Gasteiger partial charge is 0.355 e. The van der Waals surface area contributed by atoms with Crippen molar-refractivity contribution in [3.05, 3.63) is 76.2 Å². The molecule has 0 aromatic heterocycles. The first-order chi connectivity index (χ1) is 12.0. The maximum absolute atomic E-state index is 13.7. The lowest BCUT2D eigenvalue weighted by Gasteiger charge is -2.16. The standard InChI is InChI=1S/C18H13ClFNO4/c1-10-6-8-11(9-7-10)21-15-14(19)17(23)25-18(15)24-16(22)12-4-2-3-5-13(12)20/h2-9,18,21H,1H3. The second-order valence-electron chi connectivity index (χ2n) is 5.34. The fourth-order valence-electron chi connectivity index (χ4n) is 2.20. The van der Waals surface area contributed by atoms with E-state index in [0.29, 0.717) is 5.69 Å². The third kappa shape index (κ3) is 3.64.